The first-order valence-corrected chi connectivity index (χ1v) is 8.70. The van der Waals surface area contributed by atoms with Crippen LogP contribution < -0.4 is 8.92 Å². The Hall–Kier alpha value is -2.61. The van der Waals surface area contributed by atoms with Crippen LogP contribution in [-0.4, -0.2) is 20.5 Å². The van der Waals surface area contributed by atoms with Crippen LogP contribution in [0.4, 0.5) is 5.69 Å². The monoisotopic (exact) mass is 349 g/mol. The number of hydrogen-bond acceptors (Lipinski definition) is 6. The first-order valence-electron chi connectivity index (χ1n) is 7.29. The molecule has 0 aromatic heterocycles. The maximum absolute atomic E-state index is 12.5. The van der Waals surface area contributed by atoms with Gasteiger partial charge in [0.1, 0.15) is 11.5 Å². The summed E-state index contributed by atoms with van der Waals surface area (Å²) in [6.45, 7) is 0. The molecule has 2 aromatic rings. The minimum atomic E-state index is -4.26. The molecule has 1 aliphatic rings. The van der Waals surface area contributed by atoms with E-state index in [9.17, 15) is 18.5 Å². The summed E-state index contributed by atoms with van der Waals surface area (Å²) in [4.78, 5) is 9.85. The Morgan fingerprint density at radius 2 is 1.83 bits per heavy atom. The molecule has 0 aliphatic heterocycles. The Bertz CT molecular complexity index is 907. The first-order chi connectivity index (χ1) is 11.4. The molecule has 0 atom stereocenters. The van der Waals surface area contributed by atoms with Crippen molar-refractivity contribution in [1.82, 2.24) is 0 Å². The van der Waals surface area contributed by atoms with Gasteiger partial charge in [-0.1, -0.05) is 6.07 Å². The molecule has 0 spiro atoms. The maximum atomic E-state index is 12.5. The van der Waals surface area contributed by atoms with E-state index in [1.807, 2.05) is 6.07 Å². The predicted octanol–water partition coefficient (Wildman–Crippen LogP) is 2.86. The standard InChI is InChI=1S/C16H15NO6S/c1-22-15-8-6-13(17(18)19)10-16(15)24(20,21)23-14-7-5-11-3-2-4-12(11)9-14/h5-10H,2-4H2,1H3. The highest BCUT2D eigenvalue weighted by molar-refractivity contribution is 7.87. The highest BCUT2D eigenvalue weighted by Crippen LogP contribution is 2.32. The Kier molecular flexibility index (Phi) is 4.15. The maximum Gasteiger partial charge on any atom is 0.343 e. The number of benzene rings is 2. The normalized spacial score (nSPS) is 13.4. The van der Waals surface area contributed by atoms with Crippen molar-refractivity contribution in [3.8, 4) is 11.5 Å². The molecule has 0 N–H and O–H groups in total. The molecule has 0 saturated carbocycles. The molecular weight excluding hydrogens is 334 g/mol. The Balaban J connectivity index is 1.98. The van der Waals surface area contributed by atoms with E-state index in [0.717, 1.165) is 30.9 Å². The molecule has 126 valence electrons. The summed E-state index contributed by atoms with van der Waals surface area (Å²) in [5.74, 6) is 0.172. The van der Waals surface area contributed by atoms with Crippen molar-refractivity contribution < 1.29 is 22.3 Å². The van der Waals surface area contributed by atoms with E-state index in [1.165, 1.54) is 24.8 Å². The number of methoxy groups -OCH3 is 1. The van der Waals surface area contributed by atoms with Gasteiger partial charge in [0.15, 0.2) is 4.90 Å². The minimum Gasteiger partial charge on any atom is -0.495 e. The van der Waals surface area contributed by atoms with Gasteiger partial charge in [0.2, 0.25) is 0 Å². The van der Waals surface area contributed by atoms with E-state index in [0.29, 0.717) is 0 Å². The third-order valence-electron chi connectivity index (χ3n) is 3.90. The van der Waals surface area contributed by atoms with Gasteiger partial charge < -0.3 is 8.92 Å². The van der Waals surface area contributed by atoms with Crippen LogP contribution in [0.2, 0.25) is 0 Å². The van der Waals surface area contributed by atoms with E-state index < -0.39 is 15.0 Å². The van der Waals surface area contributed by atoms with Gasteiger partial charge >= 0.3 is 10.1 Å². The van der Waals surface area contributed by atoms with Crippen LogP contribution in [0.3, 0.4) is 0 Å². The summed E-state index contributed by atoms with van der Waals surface area (Å²) in [5, 5.41) is 10.9. The summed E-state index contributed by atoms with van der Waals surface area (Å²) in [7, 11) is -2.97. The average molecular weight is 349 g/mol. The molecule has 0 fully saturated rings. The smallest absolute Gasteiger partial charge is 0.343 e. The van der Waals surface area contributed by atoms with Crippen LogP contribution in [-0.2, 0) is 23.0 Å². The van der Waals surface area contributed by atoms with Gasteiger partial charge in [-0.15, -0.1) is 0 Å². The first kappa shape index (κ1) is 16.3. The fourth-order valence-electron chi connectivity index (χ4n) is 2.75. The lowest BCUT2D eigenvalue weighted by Crippen LogP contribution is -2.12. The molecule has 1 aliphatic carbocycles. The SMILES string of the molecule is COc1ccc([N+](=O)[O-])cc1S(=O)(=O)Oc1ccc2c(c1)CCC2. The molecule has 0 radical (unpaired) electrons. The van der Waals surface area contributed by atoms with Crippen LogP contribution in [0.1, 0.15) is 17.5 Å². The van der Waals surface area contributed by atoms with Crippen LogP contribution in [0, 0.1) is 10.1 Å². The number of non-ortho nitro benzene ring substituents is 1. The van der Waals surface area contributed by atoms with Crippen molar-refractivity contribution in [3.05, 3.63) is 57.6 Å². The molecule has 2 aromatic carbocycles. The molecule has 0 bridgehead atoms. The van der Waals surface area contributed by atoms with Gasteiger partial charge in [-0.05, 0) is 48.6 Å². The van der Waals surface area contributed by atoms with Crippen LogP contribution in [0.25, 0.3) is 0 Å². The van der Waals surface area contributed by atoms with E-state index in [4.69, 9.17) is 8.92 Å². The van der Waals surface area contributed by atoms with Crippen molar-refractivity contribution in [2.75, 3.05) is 7.11 Å². The second kappa shape index (κ2) is 6.12. The molecule has 0 saturated heterocycles. The van der Waals surface area contributed by atoms with Gasteiger partial charge in [0.25, 0.3) is 5.69 Å². The number of nitrogens with zero attached hydrogens (tertiary/aromatic N) is 1. The summed E-state index contributed by atoms with van der Waals surface area (Å²) < 4.78 is 35.2. The molecule has 0 amide bonds. The lowest BCUT2D eigenvalue weighted by atomic mass is 10.1. The van der Waals surface area contributed by atoms with Crippen molar-refractivity contribution in [1.29, 1.82) is 0 Å². The van der Waals surface area contributed by atoms with Crippen molar-refractivity contribution in [2.24, 2.45) is 0 Å². The van der Waals surface area contributed by atoms with Gasteiger partial charge in [0.05, 0.1) is 12.0 Å². The zero-order valence-electron chi connectivity index (χ0n) is 12.9. The number of fused-ring (bicyclic) bond motifs is 1. The van der Waals surface area contributed by atoms with Crippen LogP contribution in [0.5, 0.6) is 11.5 Å². The van der Waals surface area contributed by atoms with E-state index in [-0.39, 0.29) is 22.1 Å². The highest BCUT2D eigenvalue weighted by Gasteiger charge is 2.25. The number of rotatable bonds is 5. The van der Waals surface area contributed by atoms with Crippen molar-refractivity contribution >= 4 is 15.8 Å². The number of nitro groups is 1. The molecular formula is C16H15NO6S. The van der Waals surface area contributed by atoms with E-state index in [1.54, 1.807) is 12.1 Å². The zero-order chi connectivity index (χ0) is 17.3. The van der Waals surface area contributed by atoms with Gasteiger partial charge in [-0.3, -0.25) is 10.1 Å². The lowest BCUT2D eigenvalue weighted by Gasteiger charge is -2.11. The Morgan fingerprint density at radius 3 is 2.54 bits per heavy atom. The quantitative estimate of drug-likeness (QED) is 0.468. The van der Waals surface area contributed by atoms with E-state index >= 15 is 0 Å². The third kappa shape index (κ3) is 3.05. The van der Waals surface area contributed by atoms with Crippen molar-refractivity contribution in [2.45, 2.75) is 24.2 Å². The minimum absolute atomic E-state index is 0.0123. The molecule has 0 heterocycles. The largest absolute Gasteiger partial charge is 0.495 e. The summed E-state index contributed by atoms with van der Waals surface area (Å²) in [6, 6.07) is 8.47. The molecule has 8 heteroatoms. The predicted molar refractivity (Wildman–Crippen MR) is 85.9 cm³/mol. The lowest BCUT2D eigenvalue weighted by molar-refractivity contribution is -0.385. The molecule has 3 rings (SSSR count). The summed E-state index contributed by atoms with van der Waals surface area (Å²) in [5.41, 5.74) is 1.90. The molecule has 0 unspecified atom stereocenters. The zero-order valence-corrected chi connectivity index (χ0v) is 13.7. The average Bonchev–Trinajstić information content (AvgIpc) is 3.01. The third-order valence-corrected chi connectivity index (χ3v) is 5.17. The van der Waals surface area contributed by atoms with Gasteiger partial charge in [0, 0.05) is 12.1 Å². The number of aryl methyl sites for hydroxylation is 2. The Labute approximate surface area is 139 Å². The number of hydrogen-bond donors (Lipinski definition) is 0. The summed E-state index contributed by atoms with van der Waals surface area (Å²) >= 11 is 0. The second-order valence-corrected chi connectivity index (χ2v) is 6.93. The molecule has 7 nitrogen and oxygen atoms in total. The Morgan fingerprint density at radius 1 is 1.08 bits per heavy atom. The number of ether oxygens (including phenoxy) is 1. The van der Waals surface area contributed by atoms with Crippen LogP contribution in [0.15, 0.2) is 41.3 Å². The van der Waals surface area contributed by atoms with Crippen LogP contribution >= 0.6 is 0 Å². The van der Waals surface area contributed by atoms with Crippen molar-refractivity contribution in [3.63, 3.8) is 0 Å². The van der Waals surface area contributed by atoms with E-state index in [2.05, 4.69) is 0 Å². The summed E-state index contributed by atoms with van der Waals surface area (Å²) in [6.07, 6.45) is 2.89. The molecule has 24 heavy (non-hydrogen) atoms. The fourth-order valence-corrected chi connectivity index (χ4v) is 3.86. The van der Waals surface area contributed by atoms with Gasteiger partial charge in [-0.2, -0.15) is 8.42 Å². The topological polar surface area (TPSA) is 95.7 Å². The number of nitro benzene ring substituents is 1. The van der Waals surface area contributed by atoms with Gasteiger partial charge in [-0.25, -0.2) is 0 Å². The highest BCUT2D eigenvalue weighted by atomic mass is 32.2. The second-order valence-electron chi connectivity index (χ2n) is 5.41. The fraction of sp³-hybridized carbons (Fsp3) is 0.250.